The van der Waals surface area contributed by atoms with Gasteiger partial charge in [-0.25, -0.2) is 0 Å². The van der Waals surface area contributed by atoms with E-state index in [0.717, 1.165) is 67.7 Å². The summed E-state index contributed by atoms with van der Waals surface area (Å²) in [7, 11) is 0. The van der Waals surface area contributed by atoms with Gasteiger partial charge in [0.05, 0.1) is 5.52 Å². The summed E-state index contributed by atoms with van der Waals surface area (Å²) in [6.07, 6.45) is 7.21. The minimum absolute atomic E-state index is 0.00648. The molecule has 35 heavy (non-hydrogen) atoms. The number of hydrogen-bond donors (Lipinski definition) is 0. The van der Waals surface area contributed by atoms with Crippen LogP contribution < -0.4 is 5.56 Å². The zero-order valence-corrected chi connectivity index (χ0v) is 21.2. The molecular weight excluding hydrogens is 458 g/mol. The third-order valence-electron chi connectivity index (χ3n) is 7.16. The van der Waals surface area contributed by atoms with E-state index in [4.69, 9.17) is 0 Å². The van der Waals surface area contributed by atoms with Crippen molar-refractivity contribution in [3.63, 3.8) is 0 Å². The molecular formula is C27H33N5O2S. The van der Waals surface area contributed by atoms with Crippen LogP contribution in [0.25, 0.3) is 16.0 Å². The molecule has 0 bridgehead atoms. The predicted molar refractivity (Wildman–Crippen MR) is 140 cm³/mol. The van der Waals surface area contributed by atoms with Crippen molar-refractivity contribution in [2.24, 2.45) is 5.92 Å². The number of likely N-dealkylation sites (tertiary alicyclic amines) is 1. The average Bonchev–Trinajstić information content (AvgIpc) is 3.53. The largest absolute Gasteiger partial charge is 0.343 e. The Morgan fingerprint density at radius 3 is 2.66 bits per heavy atom. The Kier molecular flexibility index (Phi) is 7.27. The maximum Gasteiger partial charge on any atom is 0.272 e. The summed E-state index contributed by atoms with van der Waals surface area (Å²) in [5.74, 6) is 2.15. The number of rotatable bonds is 9. The van der Waals surface area contributed by atoms with E-state index in [9.17, 15) is 9.59 Å². The van der Waals surface area contributed by atoms with E-state index in [2.05, 4.69) is 47.5 Å². The van der Waals surface area contributed by atoms with Crippen LogP contribution in [0.5, 0.6) is 0 Å². The molecule has 1 saturated heterocycles. The highest BCUT2D eigenvalue weighted by Crippen LogP contribution is 2.23. The first-order chi connectivity index (χ1) is 17.2. The molecule has 0 radical (unpaired) electrons. The number of piperidine rings is 1. The van der Waals surface area contributed by atoms with Gasteiger partial charge in [-0.3, -0.25) is 18.6 Å². The smallest absolute Gasteiger partial charge is 0.272 e. The van der Waals surface area contributed by atoms with Crippen molar-refractivity contribution in [3.05, 3.63) is 63.5 Å². The zero-order valence-electron chi connectivity index (χ0n) is 20.4. The highest BCUT2D eigenvalue weighted by Gasteiger charge is 2.24. The Hall–Kier alpha value is -3.00. The first-order valence-electron chi connectivity index (χ1n) is 12.8. The summed E-state index contributed by atoms with van der Waals surface area (Å²) >= 11 is 1.46. The van der Waals surface area contributed by atoms with Crippen molar-refractivity contribution in [2.75, 3.05) is 13.1 Å². The first-order valence-corrected chi connectivity index (χ1v) is 13.7. The minimum atomic E-state index is 0.00648. The van der Waals surface area contributed by atoms with Crippen molar-refractivity contribution in [3.8, 4) is 0 Å². The number of amides is 1. The van der Waals surface area contributed by atoms with Gasteiger partial charge in [-0.15, -0.1) is 21.5 Å². The van der Waals surface area contributed by atoms with Crippen LogP contribution in [0.3, 0.4) is 0 Å². The molecule has 1 aromatic carbocycles. The second kappa shape index (κ2) is 10.7. The predicted octanol–water partition coefficient (Wildman–Crippen LogP) is 4.71. The van der Waals surface area contributed by atoms with E-state index < -0.39 is 0 Å². The number of carbonyl (C=O) groups excluding carboxylic acids is 1. The van der Waals surface area contributed by atoms with Gasteiger partial charge < -0.3 is 4.90 Å². The van der Waals surface area contributed by atoms with Gasteiger partial charge in [0.2, 0.25) is 11.7 Å². The fraction of sp³-hybridized carbons (Fsp3) is 0.481. The quantitative estimate of drug-likeness (QED) is 0.318. The second-order valence-electron chi connectivity index (χ2n) is 9.56. The number of unbranched alkanes of at least 4 members (excludes halogenated alkanes) is 2. The molecule has 3 aromatic heterocycles. The highest BCUT2D eigenvalue weighted by molar-refractivity contribution is 7.17. The molecule has 5 rings (SSSR count). The van der Waals surface area contributed by atoms with Gasteiger partial charge in [0.15, 0.2) is 0 Å². The van der Waals surface area contributed by atoms with Gasteiger partial charge in [-0.1, -0.05) is 50.1 Å². The number of hydrogen-bond acceptors (Lipinski definition) is 5. The number of aromatic nitrogens is 4. The number of benzene rings is 1. The van der Waals surface area contributed by atoms with Crippen molar-refractivity contribution in [1.29, 1.82) is 0 Å². The van der Waals surface area contributed by atoms with E-state index in [0.29, 0.717) is 31.1 Å². The van der Waals surface area contributed by atoms with Crippen LogP contribution in [-0.2, 0) is 24.2 Å². The summed E-state index contributed by atoms with van der Waals surface area (Å²) in [6, 6.07) is 12.6. The van der Waals surface area contributed by atoms with Gasteiger partial charge >= 0.3 is 0 Å². The molecule has 1 amide bonds. The van der Waals surface area contributed by atoms with Crippen LogP contribution in [0.2, 0.25) is 0 Å². The van der Waals surface area contributed by atoms with Crippen LogP contribution in [0.15, 0.2) is 46.6 Å². The maximum atomic E-state index is 13.1. The summed E-state index contributed by atoms with van der Waals surface area (Å²) < 4.78 is 4.46. The Labute approximate surface area is 209 Å². The fourth-order valence-electron chi connectivity index (χ4n) is 5.17. The van der Waals surface area contributed by atoms with Crippen molar-refractivity contribution in [1.82, 2.24) is 24.1 Å². The average molecular weight is 492 g/mol. The lowest BCUT2D eigenvalue weighted by molar-refractivity contribution is -0.132. The van der Waals surface area contributed by atoms with Crippen molar-refractivity contribution < 1.29 is 4.79 Å². The summed E-state index contributed by atoms with van der Waals surface area (Å²) in [5.41, 5.74) is 2.23. The number of fused-ring (bicyclic) bond motifs is 3. The van der Waals surface area contributed by atoms with Crippen molar-refractivity contribution in [2.45, 2.75) is 64.8 Å². The monoisotopic (exact) mass is 491 g/mol. The minimum Gasteiger partial charge on any atom is -0.343 e. The molecule has 1 aliphatic heterocycles. The molecule has 0 spiro atoms. The highest BCUT2D eigenvalue weighted by atomic mass is 32.1. The van der Waals surface area contributed by atoms with Crippen LogP contribution in [0.1, 0.15) is 56.8 Å². The molecule has 0 N–H and O–H groups in total. The van der Waals surface area contributed by atoms with E-state index in [1.54, 1.807) is 4.57 Å². The lowest BCUT2D eigenvalue weighted by atomic mass is 9.90. The number of nitrogens with zero attached hydrogens (tertiary/aromatic N) is 5. The molecule has 0 saturated carbocycles. The van der Waals surface area contributed by atoms with Crippen LogP contribution in [0.4, 0.5) is 0 Å². The van der Waals surface area contributed by atoms with Gasteiger partial charge in [-0.05, 0) is 48.6 Å². The molecule has 1 aliphatic rings. The van der Waals surface area contributed by atoms with Gasteiger partial charge in [0.1, 0.15) is 10.5 Å². The first kappa shape index (κ1) is 23.7. The van der Waals surface area contributed by atoms with E-state index in [1.165, 1.54) is 16.9 Å². The third-order valence-corrected chi connectivity index (χ3v) is 8.05. The normalized spacial score (nSPS) is 14.8. The van der Waals surface area contributed by atoms with E-state index >= 15 is 0 Å². The zero-order chi connectivity index (χ0) is 24.2. The number of thiophene rings is 1. The second-order valence-corrected chi connectivity index (χ2v) is 10.5. The topological polar surface area (TPSA) is 72.5 Å². The summed E-state index contributed by atoms with van der Waals surface area (Å²) in [5, 5.41) is 10.7. The van der Waals surface area contributed by atoms with E-state index in [1.807, 2.05) is 20.7 Å². The molecule has 0 unspecified atom stereocenters. The van der Waals surface area contributed by atoms with Crippen LogP contribution in [-0.4, -0.2) is 43.1 Å². The fourth-order valence-corrected chi connectivity index (χ4v) is 6.00. The Balaban J connectivity index is 1.26. The number of aryl methyl sites for hydroxylation is 2. The SMILES string of the molecule is CCCCCn1c(=O)c2sccc2n2c(CCC(=O)N3CCC(Cc4ccccc4)CC3)nnc12. The molecule has 8 heteroatoms. The van der Waals surface area contributed by atoms with Gasteiger partial charge in [0, 0.05) is 32.5 Å². The Morgan fingerprint density at radius 2 is 1.89 bits per heavy atom. The lowest BCUT2D eigenvalue weighted by Gasteiger charge is -2.32. The molecule has 1 fully saturated rings. The summed E-state index contributed by atoms with van der Waals surface area (Å²) in [4.78, 5) is 28.1. The summed E-state index contributed by atoms with van der Waals surface area (Å²) in [6.45, 7) is 4.43. The standard InChI is InChI=1S/C27H33N5O2S/c1-2-3-7-15-31-26(34)25-22(14-18-35-25)32-23(28-29-27(31)32)10-11-24(33)30-16-12-21(13-17-30)19-20-8-5-4-6-9-20/h4-6,8-9,14,18,21H,2-3,7,10-13,15-17,19H2,1H3. The molecule has 184 valence electrons. The Bertz CT molecular complexity index is 1350. The Morgan fingerprint density at radius 1 is 1.09 bits per heavy atom. The maximum absolute atomic E-state index is 13.1. The van der Waals surface area contributed by atoms with Crippen molar-refractivity contribution >= 4 is 33.2 Å². The van der Waals surface area contributed by atoms with E-state index in [-0.39, 0.29) is 11.5 Å². The lowest BCUT2D eigenvalue weighted by Crippen LogP contribution is -2.39. The third kappa shape index (κ3) is 5.03. The number of carbonyl (C=O) groups is 1. The van der Waals surface area contributed by atoms with Crippen LogP contribution >= 0.6 is 11.3 Å². The molecule has 4 aromatic rings. The van der Waals surface area contributed by atoms with Gasteiger partial charge in [0.25, 0.3) is 5.56 Å². The molecule has 0 atom stereocenters. The molecule has 7 nitrogen and oxygen atoms in total. The van der Waals surface area contributed by atoms with Gasteiger partial charge in [-0.2, -0.15) is 0 Å². The molecule has 0 aliphatic carbocycles. The molecule has 4 heterocycles. The van der Waals surface area contributed by atoms with Crippen LogP contribution in [0, 0.1) is 5.92 Å².